The van der Waals surface area contributed by atoms with Crippen LogP contribution >= 0.6 is 0 Å². The van der Waals surface area contributed by atoms with Gasteiger partial charge in [0.05, 0.1) is 0 Å². The topological polar surface area (TPSA) is 67.4 Å². The van der Waals surface area contributed by atoms with Crippen LogP contribution in [0, 0.1) is 5.41 Å². The summed E-state index contributed by atoms with van der Waals surface area (Å²) in [4.78, 5) is 23.4. The van der Waals surface area contributed by atoms with Crippen LogP contribution in [0.4, 0.5) is 18.9 Å². The third kappa shape index (κ3) is 7.85. The highest BCUT2D eigenvalue weighted by molar-refractivity contribution is 5.90. The van der Waals surface area contributed by atoms with E-state index in [1.54, 1.807) is 20.8 Å². The Bertz CT molecular complexity index is 581. The number of nitrogens with one attached hydrogen (secondary N) is 2. The van der Waals surface area contributed by atoms with Crippen molar-refractivity contribution in [3.8, 4) is 5.75 Å². The first-order valence-electron chi connectivity index (χ1n) is 7.41. The van der Waals surface area contributed by atoms with Gasteiger partial charge in [-0.15, -0.1) is 13.2 Å². The van der Waals surface area contributed by atoms with Crippen LogP contribution in [0.1, 0.15) is 33.6 Å². The highest BCUT2D eigenvalue weighted by Crippen LogP contribution is 2.25. The molecule has 0 spiro atoms. The van der Waals surface area contributed by atoms with Crippen molar-refractivity contribution in [2.24, 2.45) is 5.41 Å². The molecule has 1 rings (SSSR count). The zero-order valence-corrected chi connectivity index (χ0v) is 13.8. The predicted molar refractivity (Wildman–Crippen MR) is 83.5 cm³/mol. The van der Waals surface area contributed by atoms with Crippen LogP contribution in [0.2, 0.25) is 0 Å². The van der Waals surface area contributed by atoms with Crippen molar-refractivity contribution >= 4 is 17.5 Å². The van der Waals surface area contributed by atoms with Crippen LogP contribution in [0.3, 0.4) is 0 Å². The summed E-state index contributed by atoms with van der Waals surface area (Å²) in [6.07, 6.45) is -4.23. The lowest BCUT2D eigenvalue weighted by atomic mass is 9.96. The normalized spacial score (nSPS) is 11.8. The number of benzene rings is 1. The van der Waals surface area contributed by atoms with Gasteiger partial charge in [-0.2, -0.15) is 0 Å². The summed E-state index contributed by atoms with van der Waals surface area (Å²) in [5, 5.41) is 5.20. The number of rotatable bonds is 6. The summed E-state index contributed by atoms with van der Waals surface area (Å²) in [6, 6.07) is 5.04. The Balaban J connectivity index is 2.40. The molecule has 0 aromatic heterocycles. The van der Waals surface area contributed by atoms with Crippen LogP contribution in [0.5, 0.6) is 5.75 Å². The van der Waals surface area contributed by atoms with Crippen molar-refractivity contribution in [2.75, 3.05) is 11.9 Å². The van der Waals surface area contributed by atoms with Gasteiger partial charge in [0.1, 0.15) is 5.75 Å². The SMILES string of the molecule is CC(C)(C)C(=O)NCCCC(=O)Nc1cccc(OC(F)(F)F)c1. The van der Waals surface area contributed by atoms with Crippen LogP contribution in [-0.4, -0.2) is 24.7 Å². The van der Waals surface area contributed by atoms with E-state index < -0.39 is 17.5 Å². The van der Waals surface area contributed by atoms with Gasteiger partial charge in [-0.05, 0) is 18.6 Å². The van der Waals surface area contributed by atoms with E-state index in [9.17, 15) is 22.8 Å². The molecule has 134 valence electrons. The fourth-order valence-electron chi connectivity index (χ4n) is 1.71. The van der Waals surface area contributed by atoms with Crippen LogP contribution in [0.15, 0.2) is 24.3 Å². The molecular formula is C16H21F3N2O3. The Kier molecular flexibility index (Phi) is 6.62. The number of anilines is 1. The molecule has 0 aliphatic rings. The molecule has 0 bridgehead atoms. The second-order valence-corrected chi connectivity index (χ2v) is 6.23. The van der Waals surface area contributed by atoms with Gasteiger partial charge in [0, 0.05) is 30.1 Å². The van der Waals surface area contributed by atoms with Gasteiger partial charge >= 0.3 is 6.36 Å². The van der Waals surface area contributed by atoms with E-state index in [0.29, 0.717) is 13.0 Å². The fourth-order valence-corrected chi connectivity index (χ4v) is 1.71. The third-order valence-electron chi connectivity index (χ3n) is 2.90. The number of amides is 2. The van der Waals surface area contributed by atoms with Gasteiger partial charge in [0.25, 0.3) is 0 Å². The smallest absolute Gasteiger partial charge is 0.406 e. The first-order chi connectivity index (χ1) is 11.0. The maximum Gasteiger partial charge on any atom is 0.573 e. The molecule has 0 saturated heterocycles. The summed E-state index contributed by atoms with van der Waals surface area (Å²) >= 11 is 0. The Morgan fingerprint density at radius 2 is 1.83 bits per heavy atom. The number of hydrogen-bond donors (Lipinski definition) is 2. The molecule has 0 aliphatic heterocycles. The summed E-state index contributed by atoms with van der Waals surface area (Å²) in [5.41, 5.74) is -0.290. The molecule has 5 nitrogen and oxygen atoms in total. The molecule has 2 N–H and O–H groups in total. The zero-order chi connectivity index (χ0) is 18.4. The van der Waals surface area contributed by atoms with Gasteiger partial charge in [0.15, 0.2) is 0 Å². The molecule has 1 aromatic rings. The molecule has 0 unspecified atom stereocenters. The van der Waals surface area contributed by atoms with Crippen molar-refractivity contribution in [3.05, 3.63) is 24.3 Å². The van der Waals surface area contributed by atoms with E-state index in [2.05, 4.69) is 15.4 Å². The first-order valence-corrected chi connectivity index (χ1v) is 7.41. The Hall–Kier alpha value is -2.25. The highest BCUT2D eigenvalue weighted by atomic mass is 19.4. The molecule has 24 heavy (non-hydrogen) atoms. The van der Waals surface area contributed by atoms with Crippen molar-refractivity contribution in [3.63, 3.8) is 0 Å². The maximum atomic E-state index is 12.1. The molecule has 0 atom stereocenters. The van der Waals surface area contributed by atoms with Crippen LogP contribution in [-0.2, 0) is 9.59 Å². The van der Waals surface area contributed by atoms with Crippen LogP contribution in [0.25, 0.3) is 0 Å². The van der Waals surface area contributed by atoms with Gasteiger partial charge in [0.2, 0.25) is 11.8 Å². The molecule has 0 fully saturated rings. The quantitative estimate of drug-likeness (QED) is 0.775. The van der Waals surface area contributed by atoms with Crippen molar-refractivity contribution < 1.29 is 27.5 Å². The zero-order valence-electron chi connectivity index (χ0n) is 13.8. The predicted octanol–water partition coefficient (Wildman–Crippen LogP) is 3.47. The summed E-state index contributed by atoms with van der Waals surface area (Å²) < 4.78 is 40.2. The molecule has 2 amide bonds. The molecule has 0 radical (unpaired) electrons. The fraction of sp³-hybridized carbons (Fsp3) is 0.500. The number of alkyl halides is 3. The summed E-state index contributed by atoms with van der Waals surface area (Å²) in [7, 11) is 0. The number of halogens is 3. The standard InChI is InChI=1S/C16H21F3N2O3/c1-15(2,3)14(23)20-9-5-8-13(22)21-11-6-4-7-12(10-11)24-16(17,18)19/h4,6-7,10H,5,8-9H2,1-3H3,(H,20,23)(H,21,22). The average Bonchev–Trinajstić information content (AvgIpc) is 2.40. The van der Waals surface area contributed by atoms with E-state index in [4.69, 9.17) is 0 Å². The minimum atomic E-state index is -4.78. The van der Waals surface area contributed by atoms with E-state index >= 15 is 0 Å². The van der Waals surface area contributed by atoms with Gasteiger partial charge in [-0.25, -0.2) is 0 Å². The van der Waals surface area contributed by atoms with Crippen molar-refractivity contribution in [1.29, 1.82) is 0 Å². The first kappa shape index (κ1) is 19.8. The van der Waals surface area contributed by atoms with Crippen molar-refractivity contribution in [2.45, 2.75) is 40.0 Å². The summed E-state index contributed by atoms with van der Waals surface area (Å²) in [5.74, 6) is -0.873. The summed E-state index contributed by atoms with van der Waals surface area (Å²) in [6.45, 7) is 5.70. The van der Waals surface area contributed by atoms with Crippen LogP contribution < -0.4 is 15.4 Å². The Labute approximate surface area is 138 Å². The number of carbonyl (C=O) groups is 2. The van der Waals surface area contributed by atoms with E-state index in [-0.39, 0.29) is 23.9 Å². The van der Waals surface area contributed by atoms with Gasteiger partial charge in [-0.3, -0.25) is 9.59 Å². The Morgan fingerprint density at radius 3 is 2.42 bits per heavy atom. The lowest BCUT2D eigenvalue weighted by molar-refractivity contribution is -0.274. The molecule has 8 heteroatoms. The highest BCUT2D eigenvalue weighted by Gasteiger charge is 2.31. The van der Waals surface area contributed by atoms with E-state index in [1.165, 1.54) is 12.1 Å². The number of ether oxygens (including phenoxy) is 1. The lowest BCUT2D eigenvalue weighted by Crippen LogP contribution is -2.35. The second-order valence-electron chi connectivity index (χ2n) is 6.23. The largest absolute Gasteiger partial charge is 0.573 e. The number of hydrogen-bond acceptors (Lipinski definition) is 3. The maximum absolute atomic E-state index is 12.1. The van der Waals surface area contributed by atoms with E-state index in [0.717, 1.165) is 12.1 Å². The monoisotopic (exact) mass is 346 g/mol. The molecular weight excluding hydrogens is 325 g/mol. The second kappa shape index (κ2) is 8.03. The Morgan fingerprint density at radius 1 is 1.17 bits per heavy atom. The number of carbonyl (C=O) groups excluding carboxylic acids is 2. The minimum Gasteiger partial charge on any atom is -0.406 e. The molecule has 0 saturated carbocycles. The molecule has 1 aromatic carbocycles. The average molecular weight is 346 g/mol. The third-order valence-corrected chi connectivity index (χ3v) is 2.90. The molecule has 0 heterocycles. The van der Waals surface area contributed by atoms with E-state index in [1.807, 2.05) is 0 Å². The van der Waals surface area contributed by atoms with Gasteiger partial charge < -0.3 is 15.4 Å². The minimum absolute atomic E-state index is 0.111. The van der Waals surface area contributed by atoms with Crippen molar-refractivity contribution in [1.82, 2.24) is 5.32 Å². The lowest BCUT2D eigenvalue weighted by Gasteiger charge is -2.17. The molecule has 0 aliphatic carbocycles. The van der Waals surface area contributed by atoms with Gasteiger partial charge in [-0.1, -0.05) is 26.8 Å².